The Balaban J connectivity index is 3.77. The third kappa shape index (κ3) is 37.6. The van der Waals surface area contributed by atoms with Gasteiger partial charge in [0, 0.05) is 6.42 Å². The highest BCUT2D eigenvalue weighted by atomic mass is 31.2. The highest BCUT2D eigenvalue weighted by Gasteiger charge is 2.24. The van der Waals surface area contributed by atoms with Gasteiger partial charge < -0.3 is 28.8 Å². The normalized spacial score (nSPS) is 14.4. The lowest BCUT2D eigenvalue weighted by molar-refractivity contribution is -0.870. The van der Waals surface area contributed by atoms with Crippen molar-refractivity contribution in [1.29, 1.82) is 0 Å². The van der Waals surface area contributed by atoms with Crippen LogP contribution in [0.5, 0.6) is 0 Å². The van der Waals surface area contributed by atoms with Crippen molar-refractivity contribution in [3.8, 4) is 0 Å². The fourth-order valence-electron chi connectivity index (χ4n) is 6.55. The fourth-order valence-corrected chi connectivity index (χ4v) is 7.27. The van der Waals surface area contributed by atoms with Crippen LogP contribution in [0.2, 0.25) is 0 Å². The zero-order valence-electron chi connectivity index (χ0n) is 34.6. The number of aliphatic hydroxyl groups excluding tert-OH is 1. The Hall–Kier alpha value is -0.500. The minimum Gasteiger partial charge on any atom is -0.756 e. The molecule has 0 saturated heterocycles. The van der Waals surface area contributed by atoms with Gasteiger partial charge in [0.15, 0.2) is 0 Å². The molecule has 0 aliphatic heterocycles. The van der Waals surface area contributed by atoms with Gasteiger partial charge in [-0.3, -0.25) is 9.36 Å². The van der Waals surface area contributed by atoms with Crippen LogP contribution < -0.4 is 10.2 Å². The van der Waals surface area contributed by atoms with Gasteiger partial charge in [0.25, 0.3) is 7.82 Å². The number of nitrogens with zero attached hydrogens (tertiary/aromatic N) is 1. The lowest BCUT2D eigenvalue weighted by Gasteiger charge is -2.30. The molecule has 51 heavy (non-hydrogen) atoms. The van der Waals surface area contributed by atoms with Crippen molar-refractivity contribution in [3.05, 3.63) is 0 Å². The van der Waals surface area contributed by atoms with E-state index in [1.54, 1.807) is 0 Å². The van der Waals surface area contributed by atoms with E-state index in [1.807, 2.05) is 28.1 Å². The molecule has 0 radical (unpaired) electrons. The average Bonchev–Trinajstić information content (AvgIpc) is 3.08. The Morgan fingerprint density at radius 2 is 0.961 bits per heavy atom. The van der Waals surface area contributed by atoms with Crippen LogP contribution in [-0.4, -0.2) is 68.5 Å². The van der Waals surface area contributed by atoms with E-state index in [4.69, 9.17) is 9.05 Å². The SMILES string of the molecule is CCCCCCCCCCCCCCCCCCCCCCCCCCCCCC(O)C(COP(=O)([O-])OCC[N+](C)(C)C)NC(=O)CCCC. The first-order chi connectivity index (χ1) is 24.5. The summed E-state index contributed by atoms with van der Waals surface area (Å²) in [7, 11) is 1.31. The van der Waals surface area contributed by atoms with Gasteiger partial charge >= 0.3 is 0 Å². The van der Waals surface area contributed by atoms with Crippen molar-refractivity contribution in [2.24, 2.45) is 0 Å². The summed E-state index contributed by atoms with van der Waals surface area (Å²) in [5.74, 6) is -0.198. The molecule has 3 unspecified atom stereocenters. The number of hydrogen-bond acceptors (Lipinski definition) is 6. The van der Waals surface area contributed by atoms with Crippen LogP contribution in [0, 0.1) is 0 Å². The third-order valence-corrected chi connectivity index (χ3v) is 11.1. The van der Waals surface area contributed by atoms with Gasteiger partial charge in [-0.2, -0.15) is 0 Å². The van der Waals surface area contributed by atoms with Gasteiger partial charge in [0.1, 0.15) is 13.2 Å². The Morgan fingerprint density at radius 1 is 0.608 bits per heavy atom. The van der Waals surface area contributed by atoms with Crippen LogP contribution in [0.3, 0.4) is 0 Å². The van der Waals surface area contributed by atoms with E-state index in [1.165, 1.54) is 154 Å². The van der Waals surface area contributed by atoms with Crippen LogP contribution in [0.15, 0.2) is 0 Å². The lowest BCUT2D eigenvalue weighted by Crippen LogP contribution is -2.46. The number of aliphatic hydroxyl groups is 1. The second kappa shape index (κ2) is 35.2. The quantitative estimate of drug-likeness (QED) is 0.0367. The molecule has 0 aliphatic carbocycles. The molecule has 0 bridgehead atoms. The largest absolute Gasteiger partial charge is 0.756 e. The number of carbonyl (C=O) groups excluding carboxylic acids is 1. The van der Waals surface area contributed by atoms with Gasteiger partial charge in [0.05, 0.1) is 39.9 Å². The maximum absolute atomic E-state index is 12.4. The topological polar surface area (TPSA) is 108 Å². The molecular formula is C42H87N2O6P. The van der Waals surface area contributed by atoms with E-state index in [0.717, 1.165) is 32.1 Å². The van der Waals surface area contributed by atoms with Crippen molar-refractivity contribution < 1.29 is 32.9 Å². The second-order valence-corrected chi connectivity index (χ2v) is 17.8. The zero-order chi connectivity index (χ0) is 37.9. The van der Waals surface area contributed by atoms with E-state index in [9.17, 15) is 19.4 Å². The average molecular weight is 747 g/mol. The Kier molecular flexibility index (Phi) is 34.9. The van der Waals surface area contributed by atoms with E-state index < -0.39 is 20.0 Å². The van der Waals surface area contributed by atoms with E-state index >= 15 is 0 Å². The smallest absolute Gasteiger partial charge is 0.268 e. The standard InChI is InChI=1S/C42H87N2O6P/c1-6-8-10-11-12-13-14-15-16-17-18-19-20-21-22-23-24-25-26-27-28-29-30-31-32-33-34-35-41(45)40(43-42(46)36-9-7-2)39-50-51(47,48)49-38-37-44(3,4)5/h40-41,45H,6-39H2,1-5H3,(H-,43,46,47,48). The van der Waals surface area contributed by atoms with Crippen LogP contribution in [0.25, 0.3) is 0 Å². The molecular weight excluding hydrogens is 659 g/mol. The predicted molar refractivity (Wildman–Crippen MR) is 215 cm³/mol. The third-order valence-electron chi connectivity index (χ3n) is 10.1. The Labute approximate surface area is 317 Å². The van der Waals surface area contributed by atoms with Crippen LogP contribution in [0.4, 0.5) is 0 Å². The summed E-state index contributed by atoms with van der Waals surface area (Å²) in [5.41, 5.74) is 0. The first-order valence-corrected chi connectivity index (χ1v) is 23.3. The number of phosphoric ester groups is 1. The number of phosphoric acid groups is 1. The summed E-state index contributed by atoms with van der Waals surface area (Å²) in [4.78, 5) is 24.6. The van der Waals surface area contributed by atoms with Gasteiger partial charge in [-0.05, 0) is 12.8 Å². The molecule has 3 atom stereocenters. The van der Waals surface area contributed by atoms with Crippen molar-refractivity contribution in [3.63, 3.8) is 0 Å². The first kappa shape index (κ1) is 50.5. The summed E-state index contributed by atoms with van der Waals surface area (Å²) in [6.07, 6.45) is 38.2. The zero-order valence-corrected chi connectivity index (χ0v) is 35.5. The van der Waals surface area contributed by atoms with Gasteiger partial charge in [-0.25, -0.2) is 0 Å². The van der Waals surface area contributed by atoms with Crippen LogP contribution in [0.1, 0.15) is 213 Å². The molecule has 0 rings (SSSR count). The molecule has 8 nitrogen and oxygen atoms in total. The number of amides is 1. The highest BCUT2D eigenvalue weighted by molar-refractivity contribution is 7.45. The van der Waals surface area contributed by atoms with Crippen molar-refractivity contribution in [1.82, 2.24) is 5.32 Å². The second-order valence-electron chi connectivity index (χ2n) is 16.4. The van der Waals surface area contributed by atoms with Crippen molar-refractivity contribution in [2.45, 2.75) is 225 Å². The molecule has 0 aromatic heterocycles. The number of unbranched alkanes of at least 4 members (excludes halogenated alkanes) is 27. The maximum atomic E-state index is 12.4. The maximum Gasteiger partial charge on any atom is 0.268 e. The summed E-state index contributed by atoms with van der Waals surface area (Å²) in [5, 5.41) is 13.6. The Bertz CT molecular complexity index is 809. The Morgan fingerprint density at radius 3 is 1.31 bits per heavy atom. The minimum absolute atomic E-state index is 0.0139. The van der Waals surface area contributed by atoms with Crippen molar-refractivity contribution >= 4 is 13.7 Å². The molecule has 306 valence electrons. The highest BCUT2D eigenvalue weighted by Crippen LogP contribution is 2.38. The molecule has 0 spiro atoms. The molecule has 0 heterocycles. The van der Waals surface area contributed by atoms with Crippen LogP contribution >= 0.6 is 7.82 Å². The number of nitrogens with one attached hydrogen (secondary N) is 1. The number of rotatable bonds is 40. The van der Waals surface area contributed by atoms with Gasteiger partial charge in [-0.15, -0.1) is 0 Å². The van der Waals surface area contributed by atoms with Gasteiger partial charge in [-0.1, -0.05) is 194 Å². The van der Waals surface area contributed by atoms with E-state index in [2.05, 4.69) is 12.2 Å². The number of hydrogen-bond donors (Lipinski definition) is 2. The summed E-state index contributed by atoms with van der Waals surface area (Å²) in [6, 6.07) is -0.789. The fraction of sp³-hybridized carbons (Fsp3) is 0.976. The number of likely N-dealkylation sites (N-methyl/N-ethyl adjacent to an activating group) is 1. The van der Waals surface area contributed by atoms with E-state index in [0.29, 0.717) is 23.9 Å². The van der Waals surface area contributed by atoms with Gasteiger partial charge in [0.2, 0.25) is 5.91 Å². The number of quaternary nitrogens is 1. The molecule has 0 fully saturated rings. The summed E-state index contributed by atoms with van der Waals surface area (Å²) in [6.45, 7) is 4.49. The molecule has 1 amide bonds. The molecule has 0 saturated carbocycles. The molecule has 2 N–H and O–H groups in total. The minimum atomic E-state index is -4.53. The number of carbonyl (C=O) groups is 1. The summed E-state index contributed by atoms with van der Waals surface area (Å²) >= 11 is 0. The molecule has 0 aliphatic rings. The van der Waals surface area contributed by atoms with Crippen LogP contribution in [-0.2, 0) is 18.4 Å². The first-order valence-electron chi connectivity index (χ1n) is 21.9. The molecule has 9 heteroatoms. The lowest BCUT2D eigenvalue weighted by atomic mass is 10.0. The summed E-state index contributed by atoms with van der Waals surface area (Å²) < 4.78 is 22.9. The monoisotopic (exact) mass is 747 g/mol. The van der Waals surface area contributed by atoms with Crippen molar-refractivity contribution in [2.75, 3.05) is 40.9 Å². The van der Waals surface area contributed by atoms with E-state index in [-0.39, 0.29) is 19.1 Å². The molecule has 0 aromatic carbocycles. The molecule has 0 aromatic rings. The predicted octanol–water partition coefficient (Wildman–Crippen LogP) is 11.2.